The number of nitrogens with two attached hydrogens (primary N) is 1. The second kappa shape index (κ2) is 4.21. The fraction of sp³-hybridized carbons (Fsp3) is 0.500. The van der Waals surface area contributed by atoms with Crippen LogP contribution in [0.4, 0.5) is 5.82 Å². The standard InChI is InChI=1S/C8H13N3O3/c1-4(12)6(13)5-3-10-7(9)8(11-5)14-2/h3-4,6,12-13H,1-2H3,(H2,9,10)/t4-,6-/m0/s1. The van der Waals surface area contributed by atoms with Crippen molar-refractivity contribution in [2.45, 2.75) is 19.1 Å². The van der Waals surface area contributed by atoms with Crippen molar-refractivity contribution in [3.8, 4) is 5.88 Å². The van der Waals surface area contributed by atoms with Gasteiger partial charge in [-0.25, -0.2) is 9.97 Å². The van der Waals surface area contributed by atoms with E-state index in [2.05, 4.69) is 9.97 Å². The summed E-state index contributed by atoms with van der Waals surface area (Å²) in [6.45, 7) is 1.45. The van der Waals surface area contributed by atoms with E-state index in [9.17, 15) is 5.11 Å². The largest absolute Gasteiger partial charge is 0.478 e. The molecule has 0 aromatic carbocycles. The summed E-state index contributed by atoms with van der Waals surface area (Å²) in [7, 11) is 1.40. The Hall–Kier alpha value is -1.40. The number of methoxy groups -OCH3 is 1. The van der Waals surface area contributed by atoms with Gasteiger partial charge in [0.1, 0.15) is 6.10 Å². The fourth-order valence-corrected chi connectivity index (χ4v) is 0.934. The molecule has 0 amide bonds. The molecular weight excluding hydrogens is 186 g/mol. The Balaban J connectivity index is 3.00. The zero-order valence-corrected chi connectivity index (χ0v) is 8.01. The number of nitrogen functional groups attached to an aromatic ring is 1. The molecule has 6 nitrogen and oxygen atoms in total. The Morgan fingerprint density at radius 2 is 2.14 bits per heavy atom. The lowest BCUT2D eigenvalue weighted by Gasteiger charge is -2.13. The number of rotatable bonds is 3. The van der Waals surface area contributed by atoms with Gasteiger partial charge in [0.2, 0.25) is 0 Å². The summed E-state index contributed by atoms with van der Waals surface area (Å²) in [5, 5.41) is 18.6. The second-order valence-corrected chi connectivity index (χ2v) is 2.87. The molecular formula is C8H13N3O3. The first-order valence-corrected chi connectivity index (χ1v) is 4.08. The van der Waals surface area contributed by atoms with Crippen molar-refractivity contribution < 1.29 is 14.9 Å². The van der Waals surface area contributed by atoms with Gasteiger partial charge in [-0.1, -0.05) is 0 Å². The average Bonchev–Trinajstić information content (AvgIpc) is 2.17. The lowest BCUT2D eigenvalue weighted by molar-refractivity contribution is 0.0273. The lowest BCUT2D eigenvalue weighted by Crippen LogP contribution is -2.16. The summed E-state index contributed by atoms with van der Waals surface area (Å²) in [6, 6.07) is 0. The molecule has 0 saturated heterocycles. The maximum Gasteiger partial charge on any atom is 0.257 e. The van der Waals surface area contributed by atoms with Crippen LogP contribution in [0.2, 0.25) is 0 Å². The van der Waals surface area contributed by atoms with E-state index in [0.29, 0.717) is 0 Å². The van der Waals surface area contributed by atoms with Crippen LogP contribution in [0.3, 0.4) is 0 Å². The SMILES string of the molecule is COc1nc([C@@H](O)[C@H](C)O)cnc1N. The number of nitrogens with zero attached hydrogens (tertiary/aromatic N) is 2. The number of aromatic nitrogens is 2. The van der Waals surface area contributed by atoms with E-state index < -0.39 is 12.2 Å². The smallest absolute Gasteiger partial charge is 0.257 e. The maximum atomic E-state index is 9.46. The Bertz CT molecular complexity index is 317. The number of hydrogen-bond donors (Lipinski definition) is 3. The van der Waals surface area contributed by atoms with Crippen LogP contribution in [-0.2, 0) is 0 Å². The second-order valence-electron chi connectivity index (χ2n) is 2.87. The summed E-state index contributed by atoms with van der Waals surface area (Å²) in [4.78, 5) is 7.66. The summed E-state index contributed by atoms with van der Waals surface area (Å²) in [6.07, 6.45) is -0.704. The topological polar surface area (TPSA) is 101 Å². The summed E-state index contributed by atoms with van der Waals surface area (Å²) in [5.41, 5.74) is 5.66. The van der Waals surface area contributed by atoms with E-state index in [0.717, 1.165) is 0 Å². The van der Waals surface area contributed by atoms with Crippen molar-refractivity contribution in [2.24, 2.45) is 0 Å². The predicted molar refractivity (Wildman–Crippen MR) is 49.6 cm³/mol. The fourth-order valence-electron chi connectivity index (χ4n) is 0.934. The summed E-state index contributed by atoms with van der Waals surface area (Å²) >= 11 is 0. The molecule has 4 N–H and O–H groups in total. The Kier molecular flexibility index (Phi) is 3.21. The Morgan fingerprint density at radius 1 is 1.50 bits per heavy atom. The molecule has 0 fully saturated rings. The molecule has 2 atom stereocenters. The molecule has 1 rings (SSSR count). The van der Waals surface area contributed by atoms with Crippen molar-refractivity contribution >= 4 is 5.82 Å². The van der Waals surface area contributed by atoms with Crippen molar-refractivity contribution in [3.63, 3.8) is 0 Å². The number of aliphatic hydroxyl groups excluding tert-OH is 2. The zero-order chi connectivity index (χ0) is 10.7. The van der Waals surface area contributed by atoms with Crippen LogP contribution >= 0.6 is 0 Å². The number of aliphatic hydroxyl groups is 2. The van der Waals surface area contributed by atoms with Crippen LogP contribution in [0, 0.1) is 0 Å². The van der Waals surface area contributed by atoms with Crippen LogP contribution in [0.1, 0.15) is 18.7 Å². The minimum absolute atomic E-state index is 0.141. The summed E-state index contributed by atoms with van der Waals surface area (Å²) < 4.78 is 4.82. The average molecular weight is 199 g/mol. The van der Waals surface area contributed by atoms with Crippen molar-refractivity contribution in [2.75, 3.05) is 12.8 Å². The van der Waals surface area contributed by atoms with Crippen LogP contribution < -0.4 is 10.5 Å². The van der Waals surface area contributed by atoms with Crippen molar-refractivity contribution in [3.05, 3.63) is 11.9 Å². The molecule has 0 unspecified atom stereocenters. The normalized spacial score (nSPS) is 14.9. The van der Waals surface area contributed by atoms with Gasteiger partial charge in [-0.3, -0.25) is 0 Å². The van der Waals surface area contributed by atoms with E-state index in [1.807, 2.05) is 0 Å². The first kappa shape index (κ1) is 10.7. The quantitative estimate of drug-likeness (QED) is 0.605. The van der Waals surface area contributed by atoms with E-state index in [-0.39, 0.29) is 17.4 Å². The molecule has 1 aromatic heterocycles. The molecule has 0 aliphatic heterocycles. The molecule has 0 radical (unpaired) electrons. The molecule has 0 aliphatic carbocycles. The van der Waals surface area contributed by atoms with E-state index in [1.54, 1.807) is 0 Å². The highest BCUT2D eigenvalue weighted by atomic mass is 16.5. The van der Waals surface area contributed by atoms with Gasteiger partial charge in [0, 0.05) is 0 Å². The monoisotopic (exact) mass is 199 g/mol. The maximum absolute atomic E-state index is 9.46. The third-order valence-corrected chi connectivity index (χ3v) is 1.74. The van der Waals surface area contributed by atoms with Crippen molar-refractivity contribution in [1.29, 1.82) is 0 Å². The van der Waals surface area contributed by atoms with E-state index >= 15 is 0 Å². The molecule has 6 heteroatoms. The highest BCUT2D eigenvalue weighted by molar-refractivity contribution is 5.40. The van der Waals surface area contributed by atoms with Gasteiger partial charge in [-0.2, -0.15) is 0 Å². The van der Waals surface area contributed by atoms with E-state index in [1.165, 1.54) is 20.2 Å². The highest BCUT2D eigenvalue weighted by Crippen LogP contribution is 2.20. The third-order valence-electron chi connectivity index (χ3n) is 1.74. The van der Waals surface area contributed by atoms with Gasteiger partial charge in [0.05, 0.1) is 25.1 Å². The number of anilines is 1. The van der Waals surface area contributed by atoms with Crippen LogP contribution in [0.5, 0.6) is 5.88 Å². The van der Waals surface area contributed by atoms with Gasteiger partial charge < -0.3 is 20.7 Å². The minimum atomic E-state index is -1.09. The highest BCUT2D eigenvalue weighted by Gasteiger charge is 2.17. The van der Waals surface area contributed by atoms with Gasteiger partial charge in [0.15, 0.2) is 5.82 Å². The zero-order valence-electron chi connectivity index (χ0n) is 8.01. The summed E-state index contributed by atoms with van der Waals surface area (Å²) in [5.74, 6) is 0.288. The van der Waals surface area contributed by atoms with Crippen molar-refractivity contribution in [1.82, 2.24) is 9.97 Å². The van der Waals surface area contributed by atoms with Crippen LogP contribution in [0.25, 0.3) is 0 Å². The van der Waals surface area contributed by atoms with E-state index in [4.69, 9.17) is 15.6 Å². The molecule has 0 saturated carbocycles. The Morgan fingerprint density at radius 3 is 2.64 bits per heavy atom. The molecule has 0 spiro atoms. The lowest BCUT2D eigenvalue weighted by atomic mass is 10.2. The molecule has 14 heavy (non-hydrogen) atoms. The van der Waals surface area contributed by atoms with Gasteiger partial charge in [-0.15, -0.1) is 0 Å². The van der Waals surface area contributed by atoms with Gasteiger partial charge >= 0.3 is 0 Å². The molecule has 1 aromatic rings. The van der Waals surface area contributed by atoms with Gasteiger partial charge in [0.25, 0.3) is 5.88 Å². The first-order chi connectivity index (χ1) is 6.56. The van der Waals surface area contributed by atoms with Crippen LogP contribution in [-0.4, -0.2) is 33.4 Å². The molecule has 0 aliphatic rings. The predicted octanol–water partition coefficient (Wildman–Crippen LogP) is -0.518. The third kappa shape index (κ3) is 2.09. The Labute approximate surface area is 81.4 Å². The number of ether oxygens (including phenoxy) is 1. The molecule has 78 valence electrons. The van der Waals surface area contributed by atoms with Gasteiger partial charge in [-0.05, 0) is 6.92 Å². The number of hydrogen-bond acceptors (Lipinski definition) is 6. The first-order valence-electron chi connectivity index (χ1n) is 4.08. The molecule has 1 heterocycles. The molecule has 0 bridgehead atoms. The van der Waals surface area contributed by atoms with Crippen LogP contribution in [0.15, 0.2) is 6.20 Å². The minimum Gasteiger partial charge on any atom is -0.478 e.